The number of anilines is 3. The number of aliphatic hydroxyl groups excluding tert-OH is 1. The van der Waals surface area contributed by atoms with Crippen molar-refractivity contribution in [3.05, 3.63) is 54.5 Å². The van der Waals surface area contributed by atoms with E-state index in [2.05, 4.69) is 21.6 Å². The summed E-state index contributed by atoms with van der Waals surface area (Å²) in [6.45, 7) is 10.5. The van der Waals surface area contributed by atoms with Crippen LogP contribution >= 0.6 is 0 Å². The molecule has 1 unspecified atom stereocenters. The summed E-state index contributed by atoms with van der Waals surface area (Å²) in [6.07, 6.45) is -1.02. The van der Waals surface area contributed by atoms with Gasteiger partial charge in [-0.25, -0.2) is 9.37 Å². The summed E-state index contributed by atoms with van der Waals surface area (Å²) < 4.78 is 53.1. The Kier molecular flexibility index (Phi) is 11.8. The first-order chi connectivity index (χ1) is 19.2. The first-order valence-corrected chi connectivity index (χ1v) is 13.4. The van der Waals surface area contributed by atoms with Crippen LogP contribution in [0.15, 0.2) is 48.9 Å². The summed E-state index contributed by atoms with van der Waals surface area (Å²) in [5.41, 5.74) is 0.959. The Morgan fingerprint density at radius 3 is 2.20 bits per heavy atom. The molecular weight excluding hydrogens is 544 g/mol. The minimum Gasteiger partial charge on any atom is -0.406 e. The first-order valence-electron chi connectivity index (χ1n) is 13.4. The lowest BCUT2D eigenvalue weighted by Crippen LogP contribution is -2.64. The van der Waals surface area contributed by atoms with Gasteiger partial charge in [-0.05, 0) is 49.6 Å². The number of aromatic nitrogens is 1. The zero-order chi connectivity index (χ0) is 31.0. The molecule has 1 atom stereocenters. The Bertz CT molecular complexity index is 1190. The molecule has 0 radical (unpaired) electrons. The molecular formula is C29H38F4N4O4. The maximum Gasteiger partial charge on any atom is 0.573 e. The molecule has 1 aliphatic rings. The van der Waals surface area contributed by atoms with Crippen LogP contribution < -0.4 is 15.0 Å². The van der Waals surface area contributed by atoms with Crippen LogP contribution in [0.1, 0.15) is 52.5 Å². The third-order valence-electron chi connectivity index (χ3n) is 6.88. The molecule has 1 saturated heterocycles. The highest BCUT2D eigenvalue weighted by Gasteiger charge is 2.42. The van der Waals surface area contributed by atoms with Gasteiger partial charge < -0.3 is 30.6 Å². The highest BCUT2D eigenvalue weighted by molar-refractivity contribution is 6.09. The lowest BCUT2D eigenvalue weighted by molar-refractivity contribution is -0.274. The van der Waals surface area contributed by atoms with E-state index >= 15 is 0 Å². The predicted molar refractivity (Wildman–Crippen MR) is 151 cm³/mol. The fourth-order valence-electron chi connectivity index (χ4n) is 4.24. The number of hydrogen-bond acceptors (Lipinski definition) is 8. The molecule has 2 heterocycles. The summed E-state index contributed by atoms with van der Waals surface area (Å²) in [6, 6.07) is 7.03. The van der Waals surface area contributed by atoms with Crippen molar-refractivity contribution in [3.8, 4) is 5.75 Å². The molecule has 3 rings (SSSR count). The van der Waals surface area contributed by atoms with Crippen LogP contribution in [-0.2, 0) is 4.79 Å². The van der Waals surface area contributed by atoms with E-state index in [1.807, 2.05) is 25.7 Å². The van der Waals surface area contributed by atoms with Gasteiger partial charge in [0.25, 0.3) is 0 Å². The third kappa shape index (κ3) is 9.25. The van der Waals surface area contributed by atoms with E-state index in [0.29, 0.717) is 34.9 Å². The number of nitrogens with zero attached hydrogens (tertiary/aromatic N) is 2. The molecule has 226 valence electrons. The summed E-state index contributed by atoms with van der Waals surface area (Å²) >= 11 is 0. The van der Waals surface area contributed by atoms with Crippen LogP contribution in [-0.4, -0.2) is 58.4 Å². The summed E-state index contributed by atoms with van der Waals surface area (Å²) in [5, 5.41) is 31.5. The van der Waals surface area contributed by atoms with Crippen LogP contribution in [0.25, 0.3) is 0 Å². The van der Waals surface area contributed by atoms with E-state index in [1.54, 1.807) is 19.2 Å². The van der Waals surface area contributed by atoms with Crippen molar-refractivity contribution in [3.63, 3.8) is 0 Å². The number of halogens is 4. The smallest absolute Gasteiger partial charge is 0.406 e. The lowest BCUT2D eigenvalue weighted by atomic mass is 9.88. The first kappa shape index (κ1) is 33.7. The number of allylic oxidation sites excluding steroid dienone is 1. The molecule has 8 nitrogen and oxygen atoms in total. The maximum atomic E-state index is 12.4. The Balaban J connectivity index is 0.000000564. The molecule has 1 aromatic carbocycles. The predicted octanol–water partition coefficient (Wildman–Crippen LogP) is 6.16. The van der Waals surface area contributed by atoms with Gasteiger partial charge in [0.15, 0.2) is 11.6 Å². The molecule has 1 aromatic heterocycles. The number of alkyl halides is 3. The minimum absolute atomic E-state index is 0.0148. The van der Waals surface area contributed by atoms with Crippen molar-refractivity contribution in [2.24, 2.45) is 11.8 Å². The second-order valence-corrected chi connectivity index (χ2v) is 9.99. The summed E-state index contributed by atoms with van der Waals surface area (Å²) in [5.74, 6) is -1.48. The highest BCUT2D eigenvalue weighted by Crippen LogP contribution is 2.36. The third-order valence-corrected chi connectivity index (χ3v) is 6.88. The molecule has 1 fully saturated rings. The number of β-amino-alcohol motifs (C(OH)–C–C–N with tert-alkyl or cyclic N) is 1. The number of ketones is 1. The number of ether oxygens (including phenoxy) is 1. The Morgan fingerprint density at radius 2 is 1.76 bits per heavy atom. The number of pyridine rings is 1. The highest BCUT2D eigenvalue weighted by atomic mass is 19.4. The number of aliphatic hydroxyl groups is 2. The number of hydrogen-bond donors (Lipinski definition) is 4. The van der Waals surface area contributed by atoms with Crippen molar-refractivity contribution in [1.82, 2.24) is 4.98 Å². The van der Waals surface area contributed by atoms with E-state index in [1.165, 1.54) is 24.3 Å². The molecule has 2 aromatic rings. The summed E-state index contributed by atoms with van der Waals surface area (Å²) in [4.78, 5) is 16.9. The van der Waals surface area contributed by atoms with Gasteiger partial charge in [-0.3, -0.25) is 4.79 Å². The zero-order valence-electron chi connectivity index (χ0n) is 23.7. The monoisotopic (exact) mass is 582 g/mol. The average molecular weight is 583 g/mol. The van der Waals surface area contributed by atoms with Gasteiger partial charge in [0.2, 0.25) is 0 Å². The Morgan fingerprint density at radius 1 is 1.17 bits per heavy atom. The van der Waals surface area contributed by atoms with Gasteiger partial charge in [0.1, 0.15) is 17.2 Å². The van der Waals surface area contributed by atoms with E-state index in [-0.39, 0.29) is 37.3 Å². The average Bonchev–Trinajstić information content (AvgIpc) is 2.91. The Labute approximate surface area is 237 Å². The molecule has 4 N–H and O–H groups in total. The standard InChI is InChI=1S/C22H27F3N4O3.C7H11FO/c1-3-14(4-2)19(26)18-17(29-11-21(31,12-29)13-30)9-10-27-20(18)28-15-5-7-16(8-6-15)32-22(23,24)25;1-4-5(2)7(9)6(3)8/h5-10,14,26,30-31H,3-4,11-13H2,1-2H3,(H,27,28);5H,3-4H2,1-2H3. The fourth-order valence-corrected chi connectivity index (χ4v) is 4.24. The minimum atomic E-state index is -4.77. The maximum absolute atomic E-state index is 12.4. The number of rotatable bonds is 12. The summed E-state index contributed by atoms with van der Waals surface area (Å²) in [7, 11) is 0. The van der Waals surface area contributed by atoms with Gasteiger partial charge >= 0.3 is 6.36 Å². The van der Waals surface area contributed by atoms with Crippen molar-refractivity contribution < 1.29 is 37.3 Å². The molecule has 0 amide bonds. The van der Waals surface area contributed by atoms with Gasteiger partial charge in [0, 0.05) is 29.4 Å². The molecule has 0 aliphatic carbocycles. The molecule has 41 heavy (non-hydrogen) atoms. The zero-order valence-corrected chi connectivity index (χ0v) is 23.7. The Hall–Kier alpha value is -3.51. The van der Waals surface area contributed by atoms with E-state index < -0.39 is 23.6 Å². The quantitative estimate of drug-likeness (QED) is 0.135. The van der Waals surface area contributed by atoms with Crippen molar-refractivity contribution in [2.45, 2.75) is 58.9 Å². The molecule has 0 saturated carbocycles. The number of carbonyl (C=O) groups is 1. The fraction of sp³-hybridized carbons (Fsp3) is 0.483. The van der Waals surface area contributed by atoms with Crippen LogP contribution in [0.2, 0.25) is 0 Å². The lowest BCUT2D eigenvalue weighted by Gasteiger charge is -2.47. The van der Waals surface area contributed by atoms with Gasteiger partial charge in [-0.15, -0.1) is 13.2 Å². The van der Waals surface area contributed by atoms with Crippen molar-refractivity contribution in [2.75, 3.05) is 29.9 Å². The van der Waals surface area contributed by atoms with Crippen LogP contribution in [0.5, 0.6) is 5.75 Å². The number of nitrogens with one attached hydrogen (secondary N) is 2. The van der Waals surface area contributed by atoms with Gasteiger partial charge in [-0.2, -0.15) is 0 Å². The van der Waals surface area contributed by atoms with Crippen LogP contribution in [0.3, 0.4) is 0 Å². The van der Waals surface area contributed by atoms with E-state index in [4.69, 9.17) is 5.41 Å². The largest absolute Gasteiger partial charge is 0.573 e. The van der Waals surface area contributed by atoms with Crippen LogP contribution in [0, 0.1) is 17.2 Å². The molecule has 12 heteroatoms. The number of benzene rings is 1. The molecule has 0 spiro atoms. The van der Waals surface area contributed by atoms with Gasteiger partial charge in [-0.1, -0.05) is 34.3 Å². The van der Waals surface area contributed by atoms with Crippen LogP contribution in [0.4, 0.5) is 34.8 Å². The van der Waals surface area contributed by atoms with E-state index in [0.717, 1.165) is 12.8 Å². The normalized spacial score (nSPS) is 14.9. The second kappa shape index (κ2) is 14.4. The SMILES string of the molecule is C=C(F)C(=O)C(C)CC.CCC(CC)C(=N)c1c(N2CC(O)(CO)C2)ccnc1Nc1ccc(OC(F)(F)F)cc1. The van der Waals surface area contributed by atoms with Crippen molar-refractivity contribution in [1.29, 1.82) is 5.41 Å². The second-order valence-electron chi connectivity index (χ2n) is 9.99. The topological polar surface area (TPSA) is 119 Å². The number of carbonyl (C=O) groups excluding carboxylic acids is 1. The molecule has 1 aliphatic heterocycles. The van der Waals surface area contributed by atoms with Crippen molar-refractivity contribution >= 4 is 28.7 Å². The van der Waals surface area contributed by atoms with E-state index in [9.17, 15) is 32.6 Å². The number of Topliss-reactive ketones (excluding diaryl/α,β-unsaturated/α-hetero) is 1. The van der Waals surface area contributed by atoms with Gasteiger partial charge in [0.05, 0.1) is 30.9 Å². The molecule has 0 bridgehead atoms.